The number of carboxylic acids is 1. The van der Waals surface area contributed by atoms with Gasteiger partial charge >= 0.3 is 17.9 Å². The number of nitrogens with zero attached hydrogens (tertiary/aromatic N) is 1. The molecule has 2 unspecified atom stereocenters. The summed E-state index contributed by atoms with van der Waals surface area (Å²) >= 11 is 0. The number of hydrogen-bond acceptors (Lipinski definition) is 7. The molecule has 9 heteroatoms. The molecule has 0 aliphatic carbocycles. The molecule has 0 amide bonds. The monoisotopic (exact) mass is 1300 g/mol. The van der Waals surface area contributed by atoms with Crippen LogP contribution >= 0.6 is 0 Å². The highest BCUT2D eigenvalue weighted by molar-refractivity contribution is 5.71. The zero-order chi connectivity index (χ0) is 67.5. The molecule has 0 aromatic rings. The van der Waals surface area contributed by atoms with Gasteiger partial charge in [0, 0.05) is 12.8 Å². The van der Waals surface area contributed by atoms with Crippen LogP contribution in [0.25, 0.3) is 0 Å². The fourth-order valence-corrected chi connectivity index (χ4v) is 10.8. The average Bonchev–Trinajstić information content (AvgIpc) is 3.38. The van der Waals surface area contributed by atoms with E-state index in [0.717, 1.165) is 96.3 Å². The lowest BCUT2D eigenvalue weighted by Gasteiger charge is -2.25. The lowest BCUT2D eigenvalue weighted by Crippen LogP contribution is -2.40. The molecule has 0 radical (unpaired) electrons. The first-order valence-corrected chi connectivity index (χ1v) is 38.7. The Balaban J connectivity index is 4.07. The van der Waals surface area contributed by atoms with Crippen molar-refractivity contribution in [2.75, 3.05) is 47.5 Å². The summed E-state index contributed by atoms with van der Waals surface area (Å²) in [6.45, 7) is 4.80. The normalized spacial score (nSPS) is 13.3. The van der Waals surface area contributed by atoms with Gasteiger partial charge in [-0.3, -0.25) is 9.59 Å². The second-order valence-electron chi connectivity index (χ2n) is 26.9. The smallest absolute Gasteiger partial charge is 0.361 e. The van der Waals surface area contributed by atoms with Crippen molar-refractivity contribution in [2.45, 2.75) is 347 Å². The SMILES string of the molecule is CC/C=C\C/C=C\C/C=C\C/C=C\C/C=C\C/C=C\C/C=C\C/C=C\C/C=C\CCCCCCCCCCCCCCCC(=O)OC(COC(=O)CCCCCCCCCCCCCCCCC/C=C\CCCCCCCCCC)COC(OCC[N+](C)(C)C)C(=O)O. The summed E-state index contributed by atoms with van der Waals surface area (Å²) in [5.41, 5.74) is 0. The number of allylic oxidation sites excluding steroid dienone is 20. The van der Waals surface area contributed by atoms with E-state index in [4.69, 9.17) is 18.9 Å². The van der Waals surface area contributed by atoms with E-state index in [1.165, 1.54) is 205 Å². The van der Waals surface area contributed by atoms with Crippen molar-refractivity contribution < 1.29 is 42.9 Å². The molecule has 0 aromatic heterocycles. The van der Waals surface area contributed by atoms with Crippen molar-refractivity contribution in [3.8, 4) is 0 Å². The van der Waals surface area contributed by atoms with Gasteiger partial charge in [0.05, 0.1) is 34.4 Å². The van der Waals surface area contributed by atoms with Crippen LogP contribution < -0.4 is 0 Å². The highest BCUT2D eigenvalue weighted by Gasteiger charge is 2.25. The van der Waals surface area contributed by atoms with Crippen LogP contribution in [0.2, 0.25) is 0 Å². The van der Waals surface area contributed by atoms with E-state index in [2.05, 4.69) is 135 Å². The largest absolute Gasteiger partial charge is 0.477 e. The molecule has 9 nitrogen and oxygen atoms in total. The third-order valence-electron chi connectivity index (χ3n) is 16.7. The van der Waals surface area contributed by atoms with Gasteiger partial charge in [0.2, 0.25) is 0 Å². The highest BCUT2D eigenvalue weighted by Crippen LogP contribution is 2.18. The Hall–Kier alpha value is -4.31. The maximum absolute atomic E-state index is 13.0. The van der Waals surface area contributed by atoms with Crippen LogP contribution in [0, 0.1) is 0 Å². The number of carbonyl (C=O) groups excluding carboxylic acids is 2. The number of quaternary nitrogens is 1. The summed E-state index contributed by atoms with van der Waals surface area (Å²) in [6, 6.07) is 0. The van der Waals surface area contributed by atoms with E-state index in [-0.39, 0.29) is 32.2 Å². The number of carbonyl (C=O) groups is 3. The molecule has 534 valence electrons. The van der Waals surface area contributed by atoms with Gasteiger partial charge in [-0.05, 0) is 109 Å². The summed E-state index contributed by atoms with van der Waals surface area (Å²) in [5.74, 6) is -2.00. The van der Waals surface area contributed by atoms with Gasteiger partial charge in [-0.25, -0.2) is 4.79 Å². The van der Waals surface area contributed by atoms with Crippen molar-refractivity contribution in [3.63, 3.8) is 0 Å². The van der Waals surface area contributed by atoms with E-state index in [9.17, 15) is 19.5 Å². The van der Waals surface area contributed by atoms with Gasteiger partial charge in [-0.2, -0.15) is 0 Å². The van der Waals surface area contributed by atoms with E-state index in [1.54, 1.807) is 0 Å². The lowest BCUT2D eigenvalue weighted by atomic mass is 10.0. The highest BCUT2D eigenvalue weighted by atomic mass is 16.7. The Morgan fingerprint density at radius 3 is 0.925 bits per heavy atom. The quantitative estimate of drug-likeness (QED) is 0.0211. The van der Waals surface area contributed by atoms with Crippen LogP contribution in [0.1, 0.15) is 335 Å². The number of rotatable bonds is 71. The Labute approximate surface area is 574 Å². The minimum atomic E-state index is -1.52. The molecule has 0 bridgehead atoms. The molecule has 0 aromatic carbocycles. The van der Waals surface area contributed by atoms with Crippen molar-refractivity contribution in [1.29, 1.82) is 0 Å². The number of aliphatic carboxylic acids is 1. The summed E-state index contributed by atoms with van der Waals surface area (Å²) in [5, 5.41) is 9.77. The molecule has 0 saturated heterocycles. The van der Waals surface area contributed by atoms with E-state index in [0.29, 0.717) is 23.9 Å². The average molecular weight is 1300 g/mol. The first kappa shape index (κ1) is 88.7. The molecular weight excluding hydrogens is 1150 g/mol. The predicted octanol–water partition coefficient (Wildman–Crippen LogP) is 24.7. The molecule has 1 N–H and O–H groups in total. The van der Waals surface area contributed by atoms with Crippen molar-refractivity contribution in [3.05, 3.63) is 122 Å². The van der Waals surface area contributed by atoms with Crippen molar-refractivity contribution in [1.82, 2.24) is 0 Å². The van der Waals surface area contributed by atoms with Crippen LogP contribution in [0.5, 0.6) is 0 Å². The van der Waals surface area contributed by atoms with Crippen LogP contribution in [0.3, 0.4) is 0 Å². The maximum Gasteiger partial charge on any atom is 0.361 e. The molecule has 0 saturated carbocycles. The number of likely N-dealkylation sites (N-methyl/N-ethyl adjacent to an activating group) is 1. The van der Waals surface area contributed by atoms with Gasteiger partial charge in [0.15, 0.2) is 6.10 Å². The van der Waals surface area contributed by atoms with Gasteiger partial charge in [0.1, 0.15) is 13.2 Å². The van der Waals surface area contributed by atoms with Crippen LogP contribution in [0.15, 0.2) is 122 Å². The summed E-state index contributed by atoms with van der Waals surface area (Å²) < 4.78 is 23.0. The number of esters is 2. The molecule has 0 spiro atoms. The molecule has 93 heavy (non-hydrogen) atoms. The lowest BCUT2D eigenvalue weighted by molar-refractivity contribution is -0.870. The zero-order valence-electron chi connectivity index (χ0n) is 61.1. The van der Waals surface area contributed by atoms with E-state index in [1.807, 2.05) is 21.1 Å². The number of unbranched alkanes of at least 4 members (excludes halogenated alkanes) is 36. The van der Waals surface area contributed by atoms with Gasteiger partial charge in [0.25, 0.3) is 6.29 Å². The Morgan fingerprint density at radius 1 is 0.333 bits per heavy atom. The van der Waals surface area contributed by atoms with Crippen LogP contribution in [0.4, 0.5) is 0 Å². The first-order chi connectivity index (χ1) is 45.6. The minimum absolute atomic E-state index is 0.184. The van der Waals surface area contributed by atoms with Crippen molar-refractivity contribution in [2.24, 2.45) is 0 Å². The molecule has 0 rings (SSSR count). The predicted molar refractivity (Wildman–Crippen MR) is 401 cm³/mol. The Morgan fingerprint density at radius 2 is 0.613 bits per heavy atom. The fraction of sp³-hybridized carbons (Fsp3) is 0.726. The van der Waals surface area contributed by atoms with Crippen LogP contribution in [-0.4, -0.2) is 87.4 Å². The fourth-order valence-electron chi connectivity index (χ4n) is 10.8. The summed E-state index contributed by atoms with van der Waals surface area (Å²) in [4.78, 5) is 37.7. The molecule has 0 heterocycles. The topological polar surface area (TPSA) is 108 Å². The summed E-state index contributed by atoms with van der Waals surface area (Å²) in [6.07, 6.45) is 102. The van der Waals surface area contributed by atoms with Gasteiger partial charge in [-0.15, -0.1) is 0 Å². The summed E-state index contributed by atoms with van der Waals surface area (Å²) in [7, 11) is 5.98. The Kier molecular flexibility index (Phi) is 70.1. The van der Waals surface area contributed by atoms with Crippen molar-refractivity contribution >= 4 is 17.9 Å². The maximum atomic E-state index is 13.0. The third kappa shape index (κ3) is 74.9. The molecule has 2 atom stereocenters. The molecular formula is C84H146NO8+. The Bertz CT molecular complexity index is 1950. The minimum Gasteiger partial charge on any atom is -0.477 e. The van der Waals surface area contributed by atoms with Gasteiger partial charge < -0.3 is 28.5 Å². The van der Waals surface area contributed by atoms with Gasteiger partial charge in [-0.1, -0.05) is 334 Å². The number of ether oxygens (including phenoxy) is 4. The standard InChI is InChI=1S/C84H145NO8/c1-6-8-10-12-14-16-18-20-22-24-26-28-30-32-34-35-36-37-38-39-40-41-42-43-44-45-46-47-49-51-53-55-57-59-61-63-65-67-69-71-73-75-82(87)93-80(79-92-84(83(88)89)90-77-76-85(3,4)5)78-91-81(86)74-72-70-68-66-64-62-60-58-56-54-52-50-48-33-31-29-27-25-23-21-19-17-15-13-11-9-7-2/h8,10,14,16,20,22,25-28,32,34,36-37,39-40,42-43,45-46,80,84H,6-7,9,11-13,15,17-19,21,23-24,29-31,33,35,38,41,44,47-79H2,1-5H3/p+1/b10-8-,16-14-,22-20-,27-25-,28-26-,34-32-,37-36-,40-39-,43-42-,46-45-. The molecule has 0 aliphatic heterocycles. The third-order valence-corrected chi connectivity index (χ3v) is 16.7. The van der Waals surface area contributed by atoms with E-state index < -0.39 is 24.3 Å². The second kappa shape index (κ2) is 73.5. The van der Waals surface area contributed by atoms with Crippen LogP contribution in [-0.2, 0) is 33.3 Å². The zero-order valence-corrected chi connectivity index (χ0v) is 61.1. The van der Waals surface area contributed by atoms with E-state index >= 15 is 0 Å². The molecule has 0 aliphatic rings. The molecule has 0 fully saturated rings. The first-order valence-electron chi connectivity index (χ1n) is 38.7. The number of carboxylic acid groups (broad SMARTS) is 1. The second-order valence-corrected chi connectivity index (χ2v) is 26.9. The number of hydrogen-bond donors (Lipinski definition) is 1.